The summed E-state index contributed by atoms with van der Waals surface area (Å²) in [4.78, 5) is 22.7. The summed E-state index contributed by atoms with van der Waals surface area (Å²) >= 11 is 0. The summed E-state index contributed by atoms with van der Waals surface area (Å²) < 4.78 is 11.3. The fraction of sp³-hybridized carbons (Fsp3) is 0.429. The monoisotopic (exact) mass is 586 g/mol. The highest BCUT2D eigenvalue weighted by Crippen LogP contribution is 2.25. The van der Waals surface area contributed by atoms with E-state index in [1.807, 2.05) is 24.3 Å². The third-order valence-electron chi connectivity index (χ3n) is 7.18. The molecule has 3 rings (SSSR count). The number of carbonyl (C=O) groups excluding carboxylic acids is 1. The van der Waals surface area contributed by atoms with Gasteiger partial charge in [-0.25, -0.2) is 0 Å². The molecular weight excluding hydrogens is 542 g/mol. The summed E-state index contributed by atoms with van der Waals surface area (Å²) in [7, 11) is 0. The van der Waals surface area contributed by atoms with Gasteiger partial charge in [-0.3, -0.25) is 14.9 Å². The Morgan fingerprint density at radius 2 is 1.19 bits per heavy atom. The third-order valence-corrected chi connectivity index (χ3v) is 7.18. The van der Waals surface area contributed by atoms with Crippen LogP contribution in [0.25, 0.3) is 0 Å². The molecule has 0 saturated heterocycles. The molecule has 3 aromatic carbocycles. The van der Waals surface area contributed by atoms with E-state index >= 15 is 0 Å². The number of hydrogen-bond donors (Lipinski definition) is 0. The highest BCUT2D eigenvalue weighted by molar-refractivity contribution is 5.75. The molecule has 0 saturated carbocycles. The molecule has 43 heavy (non-hydrogen) atoms. The van der Waals surface area contributed by atoms with Gasteiger partial charge in [-0.1, -0.05) is 90.2 Å². The third kappa shape index (κ3) is 13.2. The van der Waals surface area contributed by atoms with E-state index in [1.165, 1.54) is 76.3 Å². The average molecular weight is 587 g/mol. The standard InChI is InChI=1S/C35H44N3O5/c1-3-4-5-6-7-8-9-10-11-12-13-26-42-33-22-16-30(17-23-33)36-37-31-18-24-34(25-19-31)43-35(39)27-28(2)29-14-20-32(21-15-29)38(40)41/h14-25H,3-13,26-27H2,1-2H3. The number of azo groups is 1. The van der Waals surface area contributed by atoms with Crippen molar-refractivity contribution in [2.24, 2.45) is 10.2 Å². The summed E-state index contributed by atoms with van der Waals surface area (Å²) in [6.45, 7) is 4.78. The molecule has 229 valence electrons. The Bertz CT molecular complexity index is 1260. The molecule has 0 unspecified atom stereocenters. The zero-order valence-electron chi connectivity index (χ0n) is 25.5. The maximum absolute atomic E-state index is 12.4. The van der Waals surface area contributed by atoms with Gasteiger partial charge in [0.15, 0.2) is 0 Å². The largest absolute Gasteiger partial charge is 0.494 e. The van der Waals surface area contributed by atoms with Crippen molar-refractivity contribution in [1.82, 2.24) is 0 Å². The number of esters is 1. The number of carbonyl (C=O) groups is 1. The average Bonchev–Trinajstić information content (AvgIpc) is 3.02. The number of nitro benzene ring substituents is 1. The highest BCUT2D eigenvalue weighted by atomic mass is 16.6. The summed E-state index contributed by atoms with van der Waals surface area (Å²) in [6.07, 6.45) is 14.5. The van der Waals surface area contributed by atoms with Crippen LogP contribution in [0.1, 0.15) is 96.5 Å². The van der Waals surface area contributed by atoms with Crippen molar-refractivity contribution < 1.29 is 19.2 Å². The van der Waals surface area contributed by atoms with Gasteiger partial charge in [-0.15, -0.1) is 0 Å². The van der Waals surface area contributed by atoms with Crippen molar-refractivity contribution in [1.29, 1.82) is 0 Å². The molecule has 0 fully saturated rings. The molecule has 8 nitrogen and oxygen atoms in total. The van der Waals surface area contributed by atoms with Crippen LogP contribution >= 0.6 is 0 Å². The first-order valence-corrected chi connectivity index (χ1v) is 15.5. The fourth-order valence-electron chi connectivity index (χ4n) is 4.62. The number of ether oxygens (including phenoxy) is 2. The molecular formula is C35H44N3O5. The summed E-state index contributed by atoms with van der Waals surface area (Å²) in [5.74, 6) is 1.57. The van der Waals surface area contributed by atoms with Gasteiger partial charge in [-0.05, 0) is 60.5 Å². The number of unbranched alkanes of at least 4 members (excludes halogenated alkanes) is 10. The number of nitrogens with zero attached hydrogens (tertiary/aromatic N) is 3. The summed E-state index contributed by atoms with van der Waals surface area (Å²) in [5, 5.41) is 19.4. The van der Waals surface area contributed by atoms with Gasteiger partial charge in [0.05, 0.1) is 29.3 Å². The predicted molar refractivity (Wildman–Crippen MR) is 170 cm³/mol. The van der Waals surface area contributed by atoms with Crippen LogP contribution in [0.5, 0.6) is 11.5 Å². The molecule has 0 aromatic heterocycles. The van der Waals surface area contributed by atoms with Crippen LogP contribution in [-0.2, 0) is 4.79 Å². The second-order valence-electron chi connectivity index (χ2n) is 10.8. The Balaban J connectivity index is 1.31. The Morgan fingerprint density at radius 3 is 1.70 bits per heavy atom. The van der Waals surface area contributed by atoms with E-state index in [0.717, 1.165) is 35.9 Å². The van der Waals surface area contributed by atoms with E-state index < -0.39 is 10.9 Å². The molecule has 1 radical (unpaired) electrons. The normalized spacial score (nSPS) is 11.2. The van der Waals surface area contributed by atoms with Crippen molar-refractivity contribution >= 4 is 23.0 Å². The van der Waals surface area contributed by atoms with Gasteiger partial charge in [0.25, 0.3) is 5.69 Å². The smallest absolute Gasteiger partial charge is 0.312 e. The molecule has 0 aliphatic carbocycles. The molecule has 0 aliphatic rings. The van der Waals surface area contributed by atoms with Crippen LogP contribution in [0.4, 0.5) is 17.1 Å². The lowest BCUT2D eigenvalue weighted by atomic mass is 9.98. The number of non-ortho nitro benzene ring substituents is 1. The molecule has 0 aliphatic heterocycles. The zero-order valence-corrected chi connectivity index (χ0v) is 25.5. The highest BCUT2D eigenvalue weighted by Gasteiger charge is 2.15. The van der Waals surface area contributed by atoms with Crippen LogP contribution in [-0.4, -0.2) is 17.5 Å². The van der Waals surface area contributed by atoms with Gasteiger partial charge in [0.2, 0.25) is 0 Å². The van der Waals surface area contributed by atoms with E-state index in [2.05, 4.69) is 17.2 Å². The Labute approximate surface area is 255 Å². The van der Waals surface area contributed by atoms with Crippen molar-refractivity contribution in [2.75, 3.05) is 6.61 Å². The van der Waals surface area contributed by atoms with E-state index in [-0.39, 0.29) is 12.1 Å². The molecule has 0 spiro atoms. The van der Waals surface area contributed by atoms with E-state index in [9.17, 15) is 14.9 Å². The Hall–Kier alpha value is -4.07. The van der Waals surface area contributed by atoms with Gasteiger partial charge in [0.1, 0.15) is 11.5 Å². The zero-order chi connectivity index (χ0) is 30.7. The number of benzene rings is 3. The first kappa shape index (κ1) is 33.4. The molecule has 0 N–H and O–H groups in total. The second-order valence-corrected chi connectivity index (χ2v) is 10.8. The lowest BCUT2D eigenvalue weighted by molar-refractivity contribution is -0.384. The SMILES string of the molecule is CCCCCCCCCCCCCOc1ccc(N=Nc2ccc(OC(=O)C[C](C)c3ccc([N+](=O)[O-])cc3)cc2)cc1. The van der Waals surface area contributed by atoms with E-state index in [0.29, 0.717) is 11.4 Å². The molecule has 8 heteroatoms. The summed E-state index contributed by atoms with van der Waals surface area (Å²) in [6, 6.07) is 20.4. The minimum Gasteiger partial charge on any atom is -0.494 e. The first-order chi connectivity index (χ1) is 20.9. The minimum atomic E-state index is -0.456. The van der Waals surface area contributed by atoms with Crippen molar-refractivity contribution in [3.63, 3.8) is 0 Å². The van der Waals surface area contributed by atoms with Gasteiger partial charge in [-0.2, -0.15) is 10.2 Å². The van der Waals surface area contributed by atoms with Crippen LogP contribution in [0.3, 0.4) is 0 Å². The number of nitro groups is 1. The first-order valence-electron chi connectivity index (χ1n) is 15.5. The Kier molecular flexibility index (Phi) is 14.9. The maximum atomic E-state index is 12.4. The molecule has 3 aromatic rings. The minimum absolute atomic E-state index is 0.00687. The van der Waals surface area contributed by atoms with Gasteiger partial charge >= 0.3 is 5.97 Å². The topological polar surface area (TPSA) is 103 Å². The Morgan fingerprint density at radius 1 is 0.698 bits per heavy atom. The van der Waals surface area contributed by atoms with E-state index in [1.54, 1.807) is 43.3 Å². The molecule has 0 amide bonds. The lowest BCUT2D eigenvalue weighted by Gasteiger charge is -2.10. The van der Waals surface area contributed by atoms with E-state index in [4.69, 9.17) is 9.47 Å². The second kappa shape index (κ2) is 19.2. The quantitative estimate of drug-likeness (QED) is 0.0327. The molecule has 0 bridgehead atoms. The lowest BCUT2D eigenvalue weighted by Crippen LogP contribution is -2.12. The summed E-state index contributed by atoms with van der Waals surface area (Å²) in [5.41, 5.74) is 2.11. The fourth-order valence-corrected chi connectivity index (χ4v) is 4.62. The van der Waals surface area contributed by atoms with Crippen LogP contribution in [0.2, 0.25) is 0 Å². The maximum Gasteiger partial charge on any atom is 0.312 e. The van der Waals surface area contributed by atoms with Crippen molar-refractivity contribution in [3.8, 4) is 11.5 Å². The molecule has 0 atom stereocenters. The van der Waals surface area contributed by atoms with Gasteiger partial charge < -0.3 is 9.47 Å². The predicted octanol–water partition coefficient (Wildman–Crippen LogP) is 10.6. The van der Waals surface area contributed by atoms with Gasteiger partial charge in [0, 0.05) is 18.1 Å². The number of rotatable bonds is 20. The molecule has 0 heterocycles. The van der Waals surface area contributed by atoms with Crippen molar-refractivity contribution in [2.45, 2.75) is 90.9 Å². The van der Waals surface area contributed by atoms with Crippen LogP contribution < -0.4 is 9.47 Å². The van der Waals surface area contributed by atoms with Crippen LogP contribution in [0, 0.1) is 16.0 Å². The number of hydrogen-bond acceptors (Lipinski definition) is 7. The van der Waals surface area contributed by atoms with Crippen molar-refractivity contribution in [3.05, 3.63) is 94.4 Å². The van der Waals surface area contributed by atoms with Crippen LogP contribution in [0.15, 0.2) is 83.0 Å².